The Kier molecular flexibility index (Phi) is 7.01. The Morgan fingerprint density at radius 1 is 1.32 bits per heavy atom. The average Bonchev–Trinajstić information content (AvgIpc) is 2.38. The molecule has 106 valence electrons. The molecule has 0 fully saturated rings. The summed E-state index contributed by atoms with van der Waals surface area (Å²) in [5.74, 6) is 0.745. The highest BCUT2D eigenvalue weighted by Crippen LogP contribution is 2.16. The number of rotatable bonds is 9. The minimum Gasteiger partial charge on any atom is -0.493 e. The van der Waals surface area contributed by atoms with Crippen LogP contribution < -0.4 is 4.74 Å². The van der Waals surface area contributed by atoms with Gasteiger partial charge in [-0.15, -0.1) is 0 Å². The van der Waals surface area contributed by atoms with E-state index in [1.807, 2.05) is 24.3 Å². The molecular weight excluding hydrogens is 240 g/mol. The van der Waals surface area contributed by atoms with Crippen LogP contribution in [0.5, 0.6) is 5.75 Å². The van der Waals surface area contributed by atoms with Crippen molar-refractivity contribution in [1.82, 2.24) is 0 Å². The highest BCUT2D eigenvalue weighted by atomic mass is 16.5. The number of aryl methyl sites for hydroxylation is 1. The fourth-order valence-corrected chi connectivity index (χ4v) is 2.01. The van der Waals surface area contributed by atoms with Crippen LogP contribution in [0.25, 0.3) is 0 Å². The number of ether oxygens (including phenoxy) is 1. The molecule has 0 aliphatic rings. The molecule has 1 atom stereocenters. The molecule has 1 N–H and O–H groups in total. The van der Waals surface area contributed by atoms with Gasteiger partial charge in [0.05, 0.1) is 6.61 Å². The Morgan fingerprint density at radius 2 is 2.00 bits per heavy atom. The smallest absolute Gasteiger partial charge is 0.303 e. The monoisotopic (exact) mass is 264 g/mol. The van der Waals surface area contributed by atoms with Gasteiger partial charge in [0.2, 0.25) is 0 Å². The molecule has 0 amide bonds. The predicted molar refractivity (Wildman–Crippen MR) is 76.6 cm³/mol. The third-order valence-corrected chi connectivity index (χ3v) is 3.10. The van der Waals surface area contributed by atoms with Crippen LogP contribution in [0.2, 0.25) is 0 Å². The maximum absolute atomic E-state index is 10.4. The van der Waals surface area contributed by atoms with Crippen molar-refractivity contribution in [2.75, 3.05) is 6.61 Å². The Labute approximate surface area is 115 Å². The van der Waals surface area contributed by atoms with Crippen molar-refractivity contribution in [3.63, 3.8) is 0 Å². The van der Waals surface area contributed by atoms with Crippen LogP contribution in [0, 0.1) is 5.92 Å². The molecule has 0 aliphatic carbocycles. The molecule has 0 aromatic heterocycles. The standard InChI is InChI=1S/C16H24O3/c1-3-5-13(2)12-19-15-10-8-14(9-11-15)6-4-7-16(17)18/h8-11,13H,3-7,12H2,1-2H3,(H,17,18)/t13-/m0/s1. The molecule has 0 bridgehead atoms. The second kappa shape index (κ2) is 8.57. The number of carboxylic acids is 1. The van der Waals surface area contributed by atoms with Crippen molar-refractivity contribution in [2.45, 2.75) is 46.0 Å². The van der Waals surface area contributed by atoms with E-state index in [9.17, 15) is 4.79 Å². The lowest BCUT2D eigenvalue weighted by Crippen LogP contribution is -2.08. The summed E-state index contributed by atoms with van der Waals surface area (Å²) in [4.78, 5) is 10.4. The number of benzene rings is 1. The van der Waals surface area contributed by atoms with Crippen LogP contribution in [0.1, 0.15) is 45.1 Å². The molecular formula is C16H24O3. The molecule has 0 aliphatic heterocycles. The zero-order chi connectivity index (χ0) is 14.1. The second-order valence-electron chi connectivity index (χ2n) is 5.10. The van der Waals surface area contributed by atoms with Crippen LogP contribution in [-0.2, 0) is 11.2 Å². The van der Waals surface area contributed by atoms with Crippen molar-refractivity contribution < 1.29 is 14.6 Å². The van der Waals surface area contributed by atoms with E-state index in [0.29, 0.717) is 12.3 Å². The molecule has 0 radical (unpaired) electrons. The van der Waals surface area contributed by atoms with Crippen molar-refractivity contribution >= 4 is 5.97 Å². The van der Waals surface area contributed by atoms with E-state index in [1.165, 1.54) is 12.8 Å². The van der Waals surface area contributed by atoms with E-state index in [1.54, 1.807) is 0 Å². The van der Waals surface area contributed by atoms with E-state index in [2.05, 4.69) is 13.8 Å². The summed E-state index contributed by atoms with van der Waals surface area (Å²) in [6, 6.07) is 7.97. The van der Waals surface area contributed by atoms with Crippen molar-refractivity contribution in [2.24, 2.45) is 5.92 Å². The summed E-state index contributed by atoms with van der Waals surface area (Å²) < 4.78 is 5.72. The number of aliphatic carboxylic acids is 1. The summed E-state index contributed by atoms with van der Waals surface area (Å²) in [5.41, 5.74) is 1.16. The number of hydrogen-bond donors (Lipinski definition) is 1. The van der Waals surface area contributed by atoms with Gasteiger partial charge in [0, 0.05) is 6.42 Å². The number of carbonyl (C=O) groups is 1. The molecule has 1 aromatic rings. The van der Waals surface area contributed by atoms with Gasteiger partial charge in [-0.05, 0) is 42.9 Å². The first kappa shape index (κ1) is 15.5. The summed E-state index contributed by atoms with van der Waals surface area (Å²) in [7, 11) is 0. The second-order valence-corrected chi connectivity index (χ2v) is 5.10. The Bertz CT molecular complexity index is 370. The topological polar surface area (TPSA) is 46.5 Å². The van der Waals surface area contributed by atoms with Crippen molar-refractivity contribution in [3.8, 4) is 5.75 Å². The first-order valence-electron chi connectivity index (χ1n) is 7.05. The molecule has 3 heteroatoms. The fourth-order valence-electron chi connectivity index (χ4n) is 2.01. The lowest BCUT2D eigenvalue weighted by molar-refractivity contribution is -0.137. The van der Waals surface area contributed by atoms with Gasteiger partial charge in [-0.3, -0.25) is 4.79 Å². The SMILES string of the molecule is CCC[C@H](C)COc1ccc(CCCC(=O)O)cc1. The quantitative estimate of drug-likeness (QED) is 0.735. The zero-order valence-corrected chi connectivity index (χ0v) is 11.9. The summed E-state index contributed by atoms with van der Waals surface area (Å²) in [6.07, 6.45) is 4.09. The van der Waals surface area contributed by atoms with Crippen LogP contribution in [0.15, 0.2) is 24.3 Å². The summed E-state index contributed by atoms with van der Waals surface area (Å²) in [5, 5.41) is 8.58. The average molecular weight is 264 g/mol. The Balaban J connectivity index is 2.32. The highest BCUT2D eigenvalue weighted by molar-refractivity contribution is 5.66. The predicted octanol–water partition coefficient (Wildman–Crippen LogP) is 3.91. The lowest BCUT2D eigenvalue weighted by Gasteiger charge is -2.12. The van der Waals surface area contributed by atoms with E-state index in [-0.39, 0.29) is 6.42 Å². The van der Waals surface area contributed by atoms with Gasteiger partial charge in [-0.2, -0.15) is 0 Å². The third-order valence-electron chi connectivity index (χ3n) is 3.10. The van der Waals surface area contributed by atoms with Gasteiger partial charge in [0.1, 0.15) is 5.75 Å². The van der Waals surface area contributed by atoms with Gasteiger partial charge >= 0.3 is 5.97 Å². The molecule has 0 saturated heterocycles. The van der Waals surface area contributed by atoms with Gasteiger partial charge in [0.15, 0.2) is 0 Å². The van der Waals surface area contributed by atoms with E-state index >= 15 is 0 Å². The molecule has 0 spiro atoms. The van der Waals surface area contributed by atoms with Gasteiger partial charge < -0.3 is 9.84 Å². The molecule has 0 heterocycles. The Hall–Kier alpha value is -1.51. The highest BCUT2D eigenvalue weighted by Gasteiger charge is 2.03. The van der Waals surface area contributed by atoms with Crippen LogP contribution in [0.4, 0.5) is 0 Å². The largest absolute Gasteiger partial charge is 0.493 e. The van der Waals surface area contributed by atoms with Gasteiger partial charge in [0.25, 0.3) is 0 Å². The molecule has 1 aromatic carbocycles. The van der Waals surface area contributed by atoms with Crippen LogP contribution >= 0.6 is 0 Å². The summed E-state index contributed by atoms with van der Waals surface area (Å²) in [6.45, 7) is 5.14. The summed E-state index contributed by atoms with van der Waals surface area (Å²) >= 11 is 0. The molecule has 3 nitrogen and oxygen atoms in total. The van der Waals surface area contributed by atoms with Crippen LogP contribution in [-0.4, -0.2) is 17.7 Å². The van der Waals surface area contributed by atoms with Gasteiger partial charge in [-0.25, -0.2) is 0 Å². The molecule has 19 heavy (non-hydrogen) atoms. The van der Waals surface area contributed by atoms with Crippen molar-refractivity contribution in [1.29, 1.82) is 0 Å². The minimum absolute atomic E-state index is 0.229. The van der Waals surface area contributed by atoms with E-state index < -0.39 is 5.97 Å². The minimum atomic E-state index is -0.732. The maximum atomic E-state index is 10.4. The first-order chi connectivity index (χ1) is 9.11. The molecule has 0 saturated carbocycles. The van der Waals surface area contributed by atoms with E-state index in [4.69, 9.17) is 9.84 Å². The van der Waals surface area contributed by atoms with E-state index in [0.717, 1.165) is 24.3 Å². The lowest BCUT2D eigenvalue weighted by atomic mass is 10.1. The maximum Gasteiger partial charge on any atom is 0.303 e. The van der Waals surface area contributed by atoms with Gasteiger partial charge in [-0.1, -0.05) is 32.4 Å². The first-order valence-corrected chi connectivity index (χ1v) is 7.05. The third kappa shape index (κ3) is 6.85. The van der Waals surface area contributed by atoms with Crippen molar-refractivity contribution in [3.05, 3.63) is 29.8 Å². The zero-order valence-electron chi connectivity index (χ0n) is 11.9. The van der Waals surface area contributed by atoms with Crippen LogP contribution in [0.3, 0.4) is 0 Å². The normalized spacial score (nSPS) is 12.1. The molecule has 0 unspecified atom stereocenters. The Morgan fingerprint density at radius 3 is 2.58 bits per heavy atom. The number of hydrogen-bond acceptors (Lipinski definition) is 2. The number of carboxylic acid groups (broad SMARTS) is 1. The fraction of sp³-hybridized carbons (Fsp3) is 0.562. The molecule has 1 rings (SSSR count).